The molecule has 0 amide bonds. The number of halogens is 1. The van der Waals surface area contributed by atoms with E-state index < -0.39 is 0 Å². The maximum Gasteiger partial charge on any atom is 0.120 e. The average molecular weight is 275 g/mol. The molecule has 0 spiro atoms. The number of carbonyl (C=O) groups excluding carboxylic acids is 1. The molecule has 0 bridgehead atoms. The molecule has 0 aliphatic carbocycles. The van der Waals surface area contributed by atoms with Crippen molar-refractivity contribution in [1.29, 1.82) is 0 Å². The molecule has 2 rings (SSSR count). The molecule has 0 saturated carbocycles. The van der Waals surface area contributed by atoms with Crippen molar-refractivity contribution >= 4 is 17.9 Å². The topological polar surface area (TPSA) is 26.3 Å². The van der Waals surface area contributed by atoms with Gasteiger partial charge >= 0.3 is 0 Å². The van der Waals surface area contributed by atoms with Gasteiger partial charge in [-0.15, -0.1) is 0 Å². The van der Waals surface area contributed by atoms with Crippen LogP contribution in [0.4, 0.5) is 0 Å². The second-order valence-electron chi connectivity index (χ2n) is 4.27. The normalized spacial score (nSPS) is 10.2. The minimum Gasteiger partial charge on any atom is -0.489 e. The Morgan fingerprint density at radius 1 is 1.05 bits per heavy atom. The molecule has 0 N–H and O–H groups in total. The summed E-state index contributed by atoms with van der Waals surface area (Å²) in [6, 6.07) is 15.4. The van der Waals surface area contributed by atoms with E-state index in [9.17, 15) is 4.79 Å². The molecular weight excluding hydrogens is 260 g/mol. The van der Waals surface area contributed by atoms with E-state index in [4.69, 9.17) is 16.3 Å². The smallest absolute Gasteiger partial charge is 0.120 e. The summed E-state index contributed by atoms with van der Waals surface area (Å²) in [5.41, 5.74) is 2.18. The number of hydrogen-bond donors (Lipinski definition) is 0. The molecule has 0 fully saturated rings. The summed E-state index contributed by atoms with van der Waals surface area (Å²) < 4.78 is 5.68. The zero-order valence-electron chi connectivity index (χ0n) is 10.5. The van der Waals surface area contributed by atoms with Gasteiger partial charge in [-0.3, -0.25) is 0 Å². The summed E-state index contributed by atoms with van der Waals surface area (Å²) in [7, 11) is 0. The van der Waals surface area contributed by atoms with Gasteiger partial charge in [0.15, 0.2) is 0 Å². The number of benzene rings is 2. The van der Waals surface area contributed by atoms with Gasteiger partial charge in [-0.05, 0) is 41.8 Å². The third kappa shape index (κ3) is 4.42. The lowest BCUT2D eigenvalue weighted by atomic mass is 10.1. The van der Waals surface area contributed by atoms with Gasteiger partial charge in [-0.2, -0.15) is 0 Å². The predicted molar refractivity (Wildman–Crippen MR) is 76.6 cm³/mol. The van der Waals surface area contributed by atoms with E-state index in [0.717, 1.165) is 29.6 Å². The highest BCUT2D eigenvalue weighted by Crippen LogP contribution is 2.16. The number of rotatable bonds is 6. The third-order valence-electron chi connectivity index (χ3n) is 2.77. The molecule has 0 aliphatic heterocycles. The van der Waals surface area contributed by atoms with Crippen LogP contribution in [0.5, 0.6) is 5.75 Å². The summed E-state index contributed by atoms with van der Waals surface area (Å²) in [6.07, 6.45) is 2.27. The first-order chi connectivity index (χ1) is 9.28. The Kier molecular flexibility index (Phi) is 4.99. The van der Waals surface area contributed by atoms with Crippen molar-refractivity contribution in [2.75, 3.05) is 0 Å². The number of carbonyl (C=O) groups is 1. The van der Waals surface area contributed by atoms with Crippen molar-refractivity contribution in [2.24, 2.45) is 0 Å². The summed E-state index contributed by atoms with van der Waals surface area (Å²) in [5, 5.41) is 0.713. The quantitative estimate of drug-likeness (QED) is 0.743. The second-order valence-corrected chi connectivity index (χ2v) is 4.70. The van der Waals surface area contributed by atoms with Crippen molar-refractivity contribution < 1.29 is 9.53 Å². The zero-order valence-corrected chi connectivity index (χ0v) is 11.3. The van der Waals surface area contributed by atoms with Crippen LogP contribution in [0, 0.1) is 0 Å². The van der Waals surface area contributed by atoms with Gasteiger partial charge in [0.05, 0.1) is 0 Å². The molecular formula is C16H15ClO2. The van der Waals surface area contributed by atoms with E-state index in [1.807, 2.05) is 48.5 Å². The maximum atomic E-state index is 10.3. The summed E-state index contributed by atoms with van der Waals surface area (Å²) in [4.78, 5) is 10.3. The fraction of sp³-hybridized carbons (Fsp3) is 0.188. The van der Waals surface area contributed by atoms with Gasteiger partial charge in [0.1, 0.15) is 18.6 Å². The molecule has 0 atom stereocenters. The lowest BCUT2D eigenvalue weighted by Gasteiger charge is -2.07. The fourth-order valence-corrected chi connectivity index (χ4v) is 1.98. The number of aryl methyl sites for hydroxylation is 1. The summed E-state index contributed by atoms with van der Waals surface area (Å²) in [6.45, 7) is 0.494. The van der Waals surface area contributed by atoms with Crippen molar-refractivity contribution in [3.8, 4) is 5.75 Å². The van der Waals surface area contributed by atoms with Crippen molar-refractivity contribution in [3.63, 3.8) is 0 Å². The highest BCUT2D eigenvalue weighted by molar-refractivity contribution is 6.30. The van der Waals surface area contributed by atoms with Crippen LogP contribution in [0.25, 0.3) is 0 Å². The molecule has 3 heteroatoms. The number of aldehydes is 1. The molecule has 2 nitrogen and oxygen atoms in total. The van der Waals surface area contributed by atoms with Gasteiger partial charge in [0.2, 0.25) is 0 Å². The van der Waals surface area contributed by atoms with Crippen molar-refractivity contribution in [2.45, 2.75) is 19.4 Å². The Balaban J connectivity index is 1.91. The Hall–Kier alpha value is -1.80. The maximum absolute atomic E-state index is 10.3. The minimum absolute atomic E-state index is 0.494. The van der Waals surface area contributed by atoms with Crippen LogP contribution in [-0.2, 0) is 17.8 Å². The van der Waals surface area contributed by atoms with E-state index in [2.05, 4.69) is 0 Å². The van der Waals surface area contributed by atoms with E-state index >= 15 is 0 Å². The third-order valence-corrected chi connectivity index (χ3v) is 3.00. The molecule has 2 aromatic carbocycles. The molecule has 2 aromatic rings. The second kappa shape index (κ2) is 6.95. The van der Waals surface area contributed by atoms with Crippen molar-refractivity contribution in [1.82, 2.24) is 0 Å². The van der Waals surface area contributed by atoms with E-state index in [-0.39, 0.29) is 0 Å². The Bertz CT molecular complexity index is 535. The van der Waals surface area contributed by atoms with Crippen LogP contribution in [-0.4, -0.2) is 6.29 Å². The lowest BCUT2D eigenvalue weighted by Crippen LogP contribution is -1.95. The molecule has 0 saturated heterocycles. The highest BCUT2D eigenvalue weighted by atomic mass is 35.5. The number of ether oxygens (including phenoxy) is 1. The molecule has 19 heavy (non-hydrogen) atoms. The average Bonchev–Trinajstić information content (AvgIpc) is 2.44. The summed E-state index contributed by atoms with van der Waals surface area (Å²) in [5.74, 6) is 0.815. The van der Waals surface area contributed by atoms with Gasteiger partial charge in [-0.1, -0.05) is 35.9 Å². The van der Waals surface area contributed by atoms with E-state index in [0.29, 0.717) is 18.1 Å². The Morgan fingerprint density at radius 2 is 1.84 bits per heavy atom. The van der Waals surface area contributed by atoms with E-state index in [1.54, 1.807) is 0 Å². The van der Waals surface area contributed by atoms with Crippen molar-refractivity contribution in [3.05, 3.63) is 64.7 Å². The van der Waals surface area contributed by atoms with Gasteiger partial charge in [0.25, 0.3) is 0 Å². The fourth-order valence-electron chi connectivity index (χ4n) is 1.77. The van der Waals surface area contributed by atoms with E-state index in [1.165, 1.54) is 0 Å². The number of hydrogen-bond acceptors (Lipinski definition) is 2. The molecule has 0 aliphatic rings. The lowest BCUT2D eigenvalue weighted by molar-refractivity contribution is -0.107. The molecule has 0 aromatic heterocycles. The zero-order chi connectivity index (χ0) is 13.5. The summed E-state index contributed by atoms with van der Waals surface area (Å²) >= 11 is 5.91. The molecule has 0 radical (unpaired) electrons. The standard InChI is InChI=1S/C16H15ClO2/c17-15-5-1-3-14(11-15)12-19-16-8-6-13(7-9-16)4-2-10-18/h1,3,5-11H,2,4,12H2. The minimum atomic E-state index is 0.494. The highest BCUT2D eigenvalue weighted by Gasteiger charge is 1.98. The first-order valence-corrected chi connectivity index (χ1v) is 6.55. The van der Waals surface area contributed by atoms with Gasteiger partial charge < -0.3 is 9.53 Å². The SMILES string of the molecule is O=CCCc1ccc(OCc2cccc(Cl)c2)cc1. The van der Waals surface area contributed by atoms with Crippen LogP contribution < -0.4 is 4.74 Å². The molecule has 0 heterocycles. The van der Waals surface area contributed by atoms with Crippen LogP contribution in [0.3, 0.4) is 0 Å². The van der Waals surface area contributed by atoms with Crippen LogP contribution in [0.1, 0.15) is 17.5 Å². The first-order valence-electron chi connectivity index (χ1n) is 6.18. The molecule has 0 unspecified atom stereocenters. The van der Waals surface area contributed by atoms with Crippen LogP contribution in [0.15, 0.2) is 48.5 Å². The van der Waals surface area contributed by atoms with Crippen LogP contribution >= 0.6 is 11.6 Å². The molecule has 98 valence electrons. The van der Waals surface area contributed by atoms with Crippen LogP contribution in [0.2, 0.25) is 5.02 Å². The van der Waals surface area contributed by atoms with Gasteiger partial charge in [0, 0.05) is 11.4 Å². The largest absolute Gasteiger partial charge is 0.489 e. The monoisotopic (exact) mass is 274 g/mol. The predicted octanol–water partition coefficient (Wildman–Crippen LogP) is 4.05. The first kappa shape index (κ1) is 13.6. The van der Waals surface area contributed by atoms with Gasteiger partial charge in [-0.25, -0.2) is 0 Å². The Labute approximate surface area is 118 Å². The Morgan fingerprint density at radius 3 is 2.53 bits per heavy atom.